The van der Waals surface area contributed by atoms with Crippen LogP contribution in [0.15, 0.2) is 24.3 Å². The summed E-state index contributed by atoms with van der Waals surface area (Å²) in [6.07, 6.45) is 0.643. The van der Waals surface area contributed by atoms with Gasteiger partial charge in [-0.2, -0.15) is 0 Å². The average Bonchev–Trinajstić information content (AvgIpc) is 2.75. The quantitative estimate of drug-likeness (QED) is 0.799. The first-order chi connectivity index (χ1) is 8.66. The highest BCUT2D eigenvalue weighted by molar-refractivity contribution is 14.1. The molecular weight excluding hydrogens is 363 g/mol. The number of anilines is 1. The number of carbonyl (C=O) groups excluding carboxylic acids is 1. The standard InChI is InChI=1S/C11H11IN4OS/c12-8-4-2-1-3-7(8)10(17)14-6-5-9-15-16-11(13)18-9/h1-4H,5-6H2,(H2,13,16)(H,14,17). The summed E-state index contributed by atoms with van der Waals surface area (Å²) < 4.78 is 0.938. The normalized spacial score (nSPS) is 10.3. The van der Waals surface area contributed by atoms with Gasteiger partial charge in [0.05, 0.1) is 5.56 Å². The maximum Gasteiger partial charge on any atom is 0.252 e. The van der Waals surface area contributed by atoms with Crippen molar-refractivity contribution in [3.63, 3.8) is 0 Å². The monoisotopic (exact) mass is 374 g/mol. The number of nitrogens with zero attached hydrogens (tertiary/aromatic N) is 2. The van der Waals surface area contributed by atoms with Crippen LogP contribution in [-0.2, 0) is 6.42 Å². The van der Waals surface area contributed by atoms with Crippen molar-refractivity contribution in [3.8, 4) is 0 Å². The van der Waals surface area contributed by atoms with Crippen molar-refractivity contribution in [2.45, 2.75) is 6.42 Å². The second kappa shape index (κ2) is 6.10. The molecule has 0 aliphatic heterocycles. The molecule has 7 heteroatoms. The molecule has 0 aliphatic carbocycles. The van der Waals surface area contributed by atoms with Crippen LogP contribution in [0.5, 0.6) is 0 Å². The fraction of sp³-hybridized carbons (Fsp3) is 0.182. The van der Waals surface area contributed by atoms with Gasteiger partial charge in [0.2, 0.25) is 5.13 Å². The number of aromatic nitrogens is 2. The van der Waals surface area contributed by atoms with E-state index in [1.165, 1.54) is 11.3 Å². The van der Waals surface area contributed by atoms with E-state index in [2.05, 4.69) is 38.1 Å². The molecule has 0 bridgehead atoms. The van der Waals surface area contributed by atoms with Gasteiger partial charge in [-0.3, -0.25) is 4.79 Å². The molecule has 2 aromatic rings. The number of rotatable bonds is 4. The van der Waals surface area contributed by atoms with Crippen LogP contribution in [0, 0.1) is 3.57 Å². The Morgan fingerprint density at radius 3 is 2.83 bits per heavy atom. The Balaban J connectivity index is 1.87. The van der Waals surface area contributed by atoms with Gasteiger partial charge in [0.1, 0.15) is 5.01 Å². The summed E-state index contributed by atoms with van der Waals surface area (Å²) in [6, 6.07) is 7.46. The summed E-state index contributed by atoms with van der Waals surface area (Å²) in [7, 11) is 0. The zero-order valence-corrected chi connectivity index (χ0v) is 12.4. The summed E-state index contributed by atoms with van der Waals surface area (Å²) in [6.45, 7) is 0.526. The van der Waals surface area contributed by atoms with Gasteiger partial charge in [-0.05, 0) is 34.7 Å². The Bertz CT molecular complexity index is 557. The molecule has 0 spiro atoms. The number of carbonyl (C=O) groups is 1. The first-order valence-corrected chi connectivity index (χ1v) is 7.17. The molecule has 18 heavy (non-hydrogen) atoms. The van der Waals surface area contributed by atoms with Gasteiger partial charge in [-0.15, -0.1) is 10.2 Å². The summed E-state index contributed by atoms with van der Waals surface area (Å²) in [5.41, 5.74) is 6.17. The Labute approximate surface area is 122 Å². The van der Waals surface area contributed by atoms with E-state index in [-0.39, 0.29) is 5.91 Å². The van der Waals surface area contributed by atoms with Gasteiger partial charge in [0.15, 0.2) is 0 Å². The molecule has 2 rings (SSSR count). The molecule has 0 aliphatic rings. The molecule has 1 heterocycles. The average molecular weight is 374 g/mol. The second-order valence-corrected chi connectivity index (χ2v) is 5.78. The van der Waals surface area contributed by atoms with Gasteiger partial charge in [0, 0.05) is 16.5 Å². The van der Waals surface area contributed by atoms with Crippen molar-refractivity contribution in [2.75, 3.05) is 12.3 Å². The molecule has 94 valence electrons. The van der Waals surface area contributed by atoms with Crippen LogP contribution in [0.1, 0.15) is 15.4 Å². The number of halogens is 1. The number of nitrogen functional groups attached to an aromatic ring is 1. The Kier molecular flexibility index (Phi) is 4.48. The third-order valence-corrected chi connectivity index (χ3v) is 3.98. The topological polar surface area (TPSA) is 80.9 Å². The van der Waals surface area contributed by atoms with Crippen molar-refractivity contribution in [1.29, 1.82) is 0 Å². The third kappa shape index (κ3) is 3.39. The van der Waals surface area contributed by atoms with Crippen LogP contribution in [0.3, 0.4) is 0 Å². The largest absolute Gasteiger partial charge is 0.374 e. The lowest BCUT2D eigenvalue weighted by molar-refractivity contribution is 0.0953. The van der Waals surface area contributed by atoms with Crippen molar-refractivity contribution in [1.82, 2.24) is 15.5 Å². The van der Waals surface area contributed by atoms with E-state index in [1.54, 1.807) is 6.07 Å². The fourth-order valence-electron chi connectivity index (χ4n) is 1.39. The van der Waals surface area contributed by atoms with Gasteiger partial charge < -0.3 is 11.1 Å². The highest BCUT2D eigenvalue weighted by Crippen LogP contribution is 2.12. The predicted molar refractivity (Wildman–Crippen MR) is 79.5 cm³/mol. The molecular formula is C11H11IN4OS. The van der Waals surface area contributed by atoms with Crippen LogP contribution < -0.4 is 11.1 Å². The van der Waals surface area contributed by atoms with E-state index >= 15 is 0 Å². The SMILES string of the molecule is Nc1nnc(CCNC(=O)c2ccccc2I)s1. The van der Waals surface area contributed by atoms with Crippen molar-refractivity contribution >= 4 is 45.0 Å². The van der Waals surface area contributed by atoms with Crippen LogP contribution >= 0.6 is 33.9 Å². The van der Waals surface area contributed by atoms with Gasteiger partial charge in [-0.1, -0.05) is 23.5 Å². The highest BCUT2D eigenvalue weighted by atomic mass is 127. The molecule has 3 N–H and O–H groups in total. The second-order valence-electron chi connectivity index (χ2n) is 3.52. The summed E-state index contributed by atoms with van der Waals surface area (Å²) >= 11 is 3.49. The zero-order chi connectivity index (χ0) is 13.0. The van der Waals surface area contributed by atoms with Crippen LogP contribution in [0.2, 0.25) is 0 Å². The van der Waals surface area contributed by atoms with Gasteiger partial charge in [0.25, 0.3) is 5.91 Å². The molecule has 0 fully saturated rings. The molecule has 0 saturated heterocycles. The number of benzene rings is 1. The lowest BCUT2D eigenvalue weighted by atomic mass is 10.2. The minimum absolute atomic E-state index is 0.0718. The minimum Gasteiger partial charge on any atom is -0.374 e. The summed E-state index contributed by atoms with van der Waals surface area (Å²) in [4.78, 5) is 11.9. The molecule has 5 nitrogen and oxygen atoms in total. The smallest absolute Gasteiger partial charge is 0.252 e. The molecule has 0 radical (unpaired) electrons. The predicted octanol–water partition coefficient (Wildman–Crippen LogP) is 1.70. The van der Waals surface area contributed by atoms with Crippen molar-refractivity contribution in [3.05, 3.63) is 38.4 Å². The molecule has 0 atom stereocenters. The van der Waals surface area contributed by atoms with Gasteiger partial charge in [-0.25, -0.2) is 0 Å². The fourth-order valence-corrected chi connectivity index (χ4v) is 2.63. The lowest BCUT2D eigenvalue weighted by Crippen LogP contribution is -2.26. The van der Waals surface area contributed by atoms with E-state index in [0.29, 0.717) is 23.7 Å². The maximum absolute atomic E-state index is 11.9. The van der Waals surface area contributed by atoms with E-state index < -0.39 is 0 Å². The lowest BCUT2D eigenvalue weighted by Gasteiger charge is -2.05. The molecule has 1 aromatic carbocycles. The molecule has 1 amide bonds. The molecule has 0 saturated carbocycles. The van der Waals surface area contributed by atoms with E-state index in [9.17, 15) is 4.79 Å². The minimum atomic E-state index is -0.0718. The van der Waals surface area contributed by atoms with Crippen LogP contribution in [0.25, 0.3) is 0 Å². The molecule has 0 unspecified atom stereocenters. The van der Waals surface area contributed by atoms with Gasteiger partial charge >= 0.3 is 0 Å². The third-order valence-electron chi connectivity index (χ3n) is 2.23. The highest BCUT2D eigenvalue weighted by Gasteiger charge is 2.08. The zero-order valence-electron chi connectivity index (χ0n) is 9.39. The van der Waals surface area contributed by atoms with Crippen LogP contribution in [0.4, 0.5) is 5.13 Å². The number of nitrogens with one attached hydrogen (secondary N) is 1. The summed E-state index contributed by atoms with van der Waals surface area (Å²) in [5, 5.41) is 11.7. The maximum atomic E-state index is 11.9. The number of hydrogen-bond donors (Lipinski definition) is 2. The van der Waals surface area contributed by atoms with Crippen molar-refractivity contribution in [2.24, 2.45) is 0 Å². The first-order valence-electron chi connectivity index (χ1n) is 5.27. The van der Waals surface area contributed by atoms with E-state index in [1.807, 2.05) is 18.2 Å². The summed E-state index contributed by atoms with van der Waals surface area (Å²) in [5.74, 6) is -0.0718. The van der Waals surface area contributed by atoms with E-state index in [4.69, 9.17) is 5.73 Å². The van der Waals surface area contributed by atoms with E-state index in [0.717, 1.165) is 8.58 Å². The molecule has 1 aromatic heterocycles. The number of hydrogen-bond acceptors (Lipinski definition) is 5. The Morgan fingerprint density at radius 1 is 1.39 bits per heavy atom. The van der Waals surface area contributed by atoms with Crippen LogP contribution in [-0.4, -0.2) is 22.6 Å². The number of amides is 1. The Morgan fingerprint density at radius 2 is 2.17 bits per heavy atom. The number of nitrogens with two attached hydrogens (primary N) is 1. The first kappa shape index (κ1) is 13.2. The van der Waals surface area contributed by atoms with Crippen molar-refractivity contribution < 1.29 is 4.79 Å². The Hall–Kier alpha value is -1.22.